The summed E-state index contributed by atoms with van der Waals surface area (Å²) >= 11 is 9.65. The molecule has 0 spiro atoms. The molecule has 25 heavy (non-hydrogen) atoms. The summed E-state index contributed by atoms with van der Waals surface area (Å²) in [5, 5.41) is 4.70. The average Bonchev–Trinajstić information content (AvgIpc) is 2.60. The Kier molecular flexibility index (Phi) is 5.29. The van der Waals surface area contributed by atoms with Crippen LogP contribution in [0, 0.1) is 0 Å². The number of sulfonamides is 1. The molecule has 0 saturated heterocycles. The van der Waals surface area contributed by atoms with E-state index >= 15 is 0 Å². The third kappa shape index (κ3) is 4.12. The minimum absolute atomic E-state index is 0.230. The van der Waals surface area contributed by atoms with Gasteiger partial charge in [-0.1, -0.05) is 39.7 Å². The average molecular weight is 441 g/mol. The molecule has 3 rings (SSSR count). The Morgan fingerprint density at radius 1 is 1.16 bits per heavy atom. The van der Waals surface area contributed by atoms with Crippen molar-refractivity contribution in [2.75, 3.05) is 12.4 Å². The second kappa shape index (κ2) is 7.29. The normalized spacial score (nSPS) is 11.6. The highest BCUT2D eigenvalue weighted by atomic mass is 79.9. The molecule has 0 aliphatic carbocycles. The zero-order valence-corrected chi connectivity index (χ0v) is 16.4. The van der Waals surface area contributed by atoms with Crippen LogP contribution in [0.15, 0.2) is 57.9 Å². The van der Waals surface area contributed by atoms with Gasteiger partial charge in [0.05, 0.1) is 15.4 Å². The SMILES string of the molecule is CNS(=O)(=O)c1cccc(CNc2ccc3cc(Br)cc(Cl)c3n2)c1. The van der Waals surface area contributed by atoms with Gasteiger partial charge in [0.2, 0.25) is 10.0 Å². The van der Waals surface area contributed by atoms with Crippen molar-refractivity contribution in [2.45, 2.75) is 11.4 Å². The first-order valence-electron chi connectivity index (χ1n) is 7.41. The number of hydrogen-bond acceptors (Lipinski definition) is 4. The van der Waals surface area contributed by atoms with E-state index in [1.54, 1.807) is 24.3 Å². The molecule has 1 aromatic heterocycles. The fourth-order valence-electron chi connectivity index (χ4n) is 2.39. The van der Waals surface area contributed by atoms with Gasteiger partial charge in [0.25, 0.3) is 0 Å². The molecule has 2 N–H and O–H groups in total. The van der Waals surface area contributed by atoms with E-state index < -0.39 is 10.0 Å². The van der Waals surface area contributed by atoms with Gasteiger partial charge in [-0.3, -0.25) is 0 Å². The monoisotopic (exact) mass is 439 g/mol. The predicted octanol–water partition coefficient (Wildman–Crippen LogP) is 4.17. The number of fused-ring (bicyclic) bond motifs is 1. The maximum Gasteiger partial charge on any atom is 0.240 e. The Morgan fingerprint density at radius 3 is 2.72 bits per heavy atom. The summed E-state index contributed by atoms with van der Waals surface area (Å²) in [5.74, 6) is 0.665. The van der Waals surface area contributed by atoms with Crippen molar-refractivity contribution in [3.63, 3.8) is 0 Å². The van der Waals surface area contributed by atoms with Crippen LogP contribution in [-0.2, 0) is 16.6 Å². The molecule has 0 radical (unpaired) electrons. The summed E-state index contributed by atoms with van der Waals surface area (Å²) in [6.45, 7) is 0.444. The van der Waals surface area contributed by atoms with Crippen LogP contribution in [0.4, 0.5) is 5.82 Å². The molecule has 1 heterocycles. The number of rotatable bonds is 5. The number of halogens is 2. The fourth-order valence-corrected chi connectivity index (χ4v) is 4.07. The molecular formula is C17H15BrClN3O2S. The molecule has 3 aromatic rings. The van der Waals surface area contributed by atoms with Crippen LogP contribution in [0.5, 0.6) is 0 Å². The molecule has 2 aromatic carbocycles. The molecule has 0 bridgehead atoms. The number of anilines is 1. The van der Waals surface area contributed by atoms with Gasteiger partial charge in [-0.05, 0) is 49.0 Å². The van der Waals surface area contributed by atoms with Crippen molar-refractivity contribution < 1.29 is 8.42 Å². The first-order valence-corrected chi connectivity index (χ1v) is 10.1. The highest BCUT2D eigenvalue weighted by Gasteiger charge is 2.11. The van der Waals surface area contributed by atoms with E-state index in [0.717, 1.165) is 15.4 Å². The lowest BCUT2D eigenvalue weighted by Gasteiger charge is -2.09. The molecule has 8 heteroatoms. The summed E-state index contributed by atoms with van der Waals surface area (Å²) in [5.41, 5.74) is 1.54. The van der Waals surface area contributed by atoms with Gasteiger partial charge < -0.3 is 5.32 Å². The van der Waals surface area contributed by atoms with E-state index in [1.165, 1.54) is 7.05 Å². The third-order valence-corrected chi connectivity index (χ3v) is 5.82. The molecule has 0 atom stereocenters. The standard InChI is InChI=1S/C17H15BrClN3O2S/c1-20-25(23,24)14-4-2-3-11(7-14)10-21-16-6-5-12-8-13(18)9-15(19)17(12)22-16/h2-9,20H,10H2,1H3,(H,21,22). The second-order valence-electron chi connectivity index (χ2n) is 5.36. The third-order valence-electron chi connectivity index (χ3n) is 3.66. The van der Waals surface area contributed by atoms with Crippen LogP contribution in [-0.4, -0.2) is 20.4 Å². The van der Waals surface area contributed by atoms with Gasteiger partial charge in [-0.2, -0.15) is 0 Å². The van der Waals surface area contributed by atoms with Gasteiger partial charge >= 0.3 is 0 Å². The Labute approximate surface area is 159 Å². The Bertz CT molecular complexity index is 1040. The molecule has 0 amide bonds. The van der Waals surface area contributed by atoms with Gasteiger partial charge in [0.1, 0.15) is 5.82 Å². The summed E-state index contributed by atoms with van der Waals surface area (Å²) in [6.07, 6.45) is 0. The molecular weight excluding hydrogens is 426 g/mol. The van der Waals surface area contributed by atoms with Crippen LogP contribution >= 0.6 is 27.5 Å². The van der Waals surface area contributed by atoms with Gasteiger partial charge in [0.15, 0.2) is 0 Å². The number of nitrogens with one attached hydrogen (secondary N) is 2. The molecule has 130 valence electrons. The first-order chi connectivity index (χ1) is 11.9. The summed E-state index contributed by atoms with van der Waals surface area (Å²) in [6, 6.07) is 14.3. The van der Waals surface area contributed by atoms with E-state index in [9.17, 15) is 8.42 Å². The van der Waals surface area contributed by atoms with E-state index in [-0.39, 0.29) is 4.90 Å². The number of aromatic nitrogens is 1. The van der Waals surface area contributed by atoms with Crippen LogP contribution in [0.25, 0.3) is 10.9 Å². The van der Waals surface area contributed by atoms with Crippen molar-refractivity contribution >= 4 is 54.3 Å². The molecule has 0 aliphatic heterocycles. The molecule has 5 nitrogen and oxygen atoms in total. The Morgan fingerprint density at radius 2 is 1.96 bits per heavy atom. The lowest BCUT2D eigenvalue weighted by molar-refractivity contribution is 0.588. The summed E-state index contributed by atoms with van der Waals surface area (Å²) < 4.78 is 27.0. The van der Waals surface area contributed by atoms with Crippen molar-refractivity contribution in [3.8, 4) is 0 Å². The van der Waals surface area contributed by atoms with E-state index in [1.807, 2.05) is 24.3 Å². The molecule has 0 fully saturated rings. The van der Waals surface area contributed by atoms with Gasteiger partial charge in [0, 0.05) is 16.4 Å². The van der Waals surface area contributed by atoms with Crippen LogP contribution in [0.2, 0.25) is 5.02 Å². The number of benzene rings is 2. The van der Waals surface area contributed by atoms with Crippen molar-refractivity contribution in [1.29, 1.82) is 0 Å². The predicted molar refractivity (Wildman–Crippen MR) is 104 cm³/mol. The number of hydrogen-bond donors (Lipinski definition) is 2. The van der Waals surface area contributed by atoms with Crippen LogP contribution < -0.4 is 10.0 Å². The molecule has 0 saturated carbocycles. The van der Waals surface area contributed by atoms with Crippen molar-refractivity contribution in [3.05, 3.63) is 63.6 Å². The Hall–Kier alpha value is -1.67. The lowest BCUT2D eigenvalue weighted by atomic mass is 10.2. The number of nitrogens with zero attached hydrogens (tertiary/aromatic N) is 1. The van der Waals surface area contributed by atoms with Gasteiger partial charge in [-0.15, -0.1) is 0 Å². The highest BCUT2D eigenvalue weighted by Crippen LogP contribution is 2.28. The van der Waals surface area contributed by atoms with E-state index in [2.05, 4.69) is 31.0 Å². The smallest absolute Gasteiger partial charge is 0.240 e. The summed E-state index contributed by atoms with van der Waals surface area (Å²) in [7, 11) is -2.07. The molecule has 0 unspecified atom stereocenters. The zero-order valence-electron chi connectivity index (χ0n) is 13.3. The minimum atomic E-state index is -3.46. The topological polar surface area (TPSA) is 71.1 Å². The summed E-state index contributed by atoms with van der Waals surface area (Å²) in [4.78, 5) is 4.75. The molecule has 0 aliphatic rings. The number of pyridine rings is 1. The quantitative estimate of drug-likeness (QED) is 0.624. The van der Waals surface area contributed by atoms with E-state index in [0.29, 0.717) is 22.9 Å². The second-order valence-corrected chi connectivity index (χ2v) is 8.57. The first kappa shape index (κ1) is 18.1. The van der Waals surface area contributed by atoms with E-state index in [4.69, 9.17) is 11.6 Å². The maximum absolute atomic E-state index is 11.9. The van der Waals surface area contributed by atoms with Crippen molar-refractivity contribution in [2.24, 2.45) is 0 Å². The largest absolute Gasteiger partial charge is 0.366 e. The minimum Gasteiger partial charge on any atom is -0.366 e. The highest BCUT2D eigenvalue weighted by molar-refractivity contribution is 9.10. The Balaban J connectivity index is 1.82. The lowest BCUT2D eigenvalue weighted by Crippen LogP contribution is -2.18. The fraction of sp³-hybridized carbons (Fsp3) is 0.118. The van der Waals surface area contributed by atoms with Crippen molar-refractivity contribution in [1.82, 2.24) is 9.71 Å². The van der Waals surface area contributed by atoms with Gasteiger partial charge in [-0.25, -0.2) is 18.1 Å². The maximum atomic E-state index is 11.9. The zero-order chi connectivity index (χ0) is 18.0. The van der Waals surface area contributed by atoms with Crippen LogP contribution in [0.1, 0.15) is 5.56 Å². The van der Waals surface area contributed by atoms with Crippen LogP contribution in [0.3, 0.4) is 0 Å².